The summed E-state index contributed by atoms with van der Waals surface area (Å²) >= 11 is 12.1. The van der Waals surface area contributed by atoms with Gasteiger partial charge in [0.25, 0.3) is 5.91 Å². The van der Waals surface area contributed by atoms with Gasteiger partial charge in [-0.25, -0.2) is 0 Å². The van der Waals surface area contributed by atoms with Gasteiger partial charge in [-0.1, -0.05) is 65.7 Å². The summed E-state index contributed by atoms with van der Waals surface area (Å²) in [4.78, 5) is 29.8. The van der Waals surface area contributed by atoms with E-state index in [4.69, 9.17) is 23.8 Å². The highest BCUT2D eigenvalue weighted by Crippen LogP contribution is 2.30. The molecule has 3 aromatic rings. The number of carbonyl (C=O) groups is 2. The number of benzene rings is 3. The average molecular weight is 478 g/mol. The molecule has 168 valence electrons. The Morgan fingerprint density at radius 3 is 2.42 bits per heavy atom. The molecule has 0 spiro atoms. The Morgan fingerprint density at radius 1 is 1.03 bits per heavy atom. The number of halogens is 1. The zero-order valence-corrected chi connectivity index (χ0v) is 20.0. The van der Waals surface area contributed by atoms with Gasteiger partial charge in [0.05, 0.1) is 12.1 Å². The van der Waals surface area contributed by atoms with E-state index >= 15 is 0 Å². The number of aryl methyl sites for hydroxylation is 2. The summed E-state index contributed by atoms with van der Waals surface area (Å²) in [6.07, 6.45) is -0.0277. The van der Waals surface area contributed by atoms with E-state index in [0.717, 1.165) is 22.4 Å². The Bertz CT molecular complexity index is 1220. The number of nitrogens with zero attached hydrogens (tertiary/aromatic N) is 2. The lowest BCUT2D eigenvalue weighted by molar-refractivity contribution is -0.124. The number of nitrogens with one attached hydrogen (secondary N) is 1. The Hall–Kier alpha value is -3.22. The molecule has 1 fully saturated rings. The molecule has 1 aliphatic rings. The summed E-state index contributed by atoms with van der Waals surface area (Å²) in [5, 5.41) is 3.89. The van der Waals surface area contributed by atoms with Gasteiger partial charge in [-0.2, -0.15) is 0 Å². The van der Waals surface area contributed by atoms with E-state index in [9.17, 15) is 9.59 Å². The Morgan fingerprint density at radius 2 is 1.73 bits per heavy atom. The lowest BCUT2D eigenvalue weighted by Gasteiger charge is -2.24. The first-order chi connectivity index (χ1) is 15.8. The van der Waals surface area contributed by atoms with Gasteiger partial charge in [-0.3, -0.25) is 14.5 Å². The third-order valence-corrected chi connectivity index (χ3v) is 6.45. The Kier molecular flexibility index (Phi) is 6.77. The van der Waals surface area contributed by atoms with Crippen molar-refractivity contribution in [2.45, 2.75) is 32.9 Å². The van der Waals surface area contributed by atoms with Crippen LogP contribution in [0.2, 0.25) is 5.02 Å². The van der Waals surface area contributed by atoms with Crippen LogP contribution in [0.4, 0.5) is 11.4 Å². The fourth-order valence-electron chi connectivity index (χ4n) is 3.97. The van der Waals surface area contributed by atoms with Crippen molar-refractivity contribution < 1.29 is 9.59 Å². The van der Waals surface area contributed by atoms with Crippen LogP contribution in [0.3, 0.4) is 0 Å². The van der Waals surface area contributed by atoms with Gasteiger partial charge in [0, 0.05) is 17.3 Å². The first-order valence-corrected chi connectivity index (χ1v) is 11.4. The number of anilines is 2. The quantitative estimate of drug-likeness (QED) is 0.477. The molecule has 0 saturated carbocycles. The number of rotatable bonds is 6. The van der Waals surface area contributed by atoms with Crippen LogP contribution in [0.1, 0.15) is 23.1 Å². The van der Waals surface area contributed by atoms with E-state index in [-0.39, 0.29) is 18.2 Å². The maximum Gasteiger partial charge on any atom is 0.256 e. The number of hydrogen-bond acceptors (Lipinski definition) is 3. The number of thiocarbonyl (C=S) groups is 1. The smallest absolute Gasteiger partial charge is 0.256 e. The summed E-state index contributed by atoms with van der Waals surface area (Å²) in [5.74, 6) is -0.476. The lowest BCUT2D eigenvalue weighted by Crippen LogP contribution is -2.37. The number of carbonyl (C=O) groups excluding carboxylic acids is 2. The Balaban J connectivity index is 1.61. The van der Waals surface area contributed by atoms with Crippen molar-refractivity contribution in [2.24, 2.45) is 0 Å². The second-order valence-corrected chi connectivity index (χ2v) is 8.87. The van der Waals surface area contributed by atoms with Crippen LogP contribution in [0.25, 0.3) is 0 Å². The van der Waals surface area contributed by atoms with Gasteiger partial charge < -0.3 is 10.2 Å². The van der Waals surface area contributed by atoms with Crippen LogP contribution >= 0.6 is 23.8 Å². The zero-order valence-electron chi connectivity index (χ0n) is 18.4. The summed E-state index contributed by atoms with van der Waals surface area (Å²) in [5.41, 5.74) is 4.33. The molecule has 0 aromatic heterocycles. The van der Waals surface area contributed by atoms with Gasteiger partial charge in [0.2, 0.25) is 5.91 Å². The number of amides is 2. The minimum absolute atomic E-state index is 0.0277. The van der Waals surface area contributed by atoms with Crippen molar-refractivity contribution in [1.82, 2.24) is 4.90 Å². The molecule has 1 N–H and O–H groups in total. The second kappa shape index (κ2) is 9.73. The second-order valence-electron chi connectivity index (χ2n) is 8.10. The molecule has 33 heavy (non-hydrogen) atoms. The first-order valence-electron chi connectivity index (χ1n) is 10.7. The molecular formula is C26H24ClN3O2S. The van der Waals surface area contributed by atoms with Crippen LogP contribution in [0.5, 0.6) is 0 Å². The third-order valence-electron chi connectivity index (χ3n) is 5.67. The molecule has 7 heteroatoms. The average Bonchev–Trinajstić information content (AvgIpc) is 3.01. The summed E-state index contributed by atoms with van der Waals surface area (Å²) in [6.45, 7) is 4.27. The largest absolute Gasteiger partial charge is 0.332 e. The fourth-order valence-corrected chi connectivity index (χ4v) is 4.55. The van der Waals surface area contributed by atoms with E-state index in [0.29, 0.717) is 22.4 Å². The van der Waals surface area contributed by atoms with E-state index in [2.05, 4.69) is 5.32 Å². The summed E-state index contributed by atoms with van der Waals surface area (Å²) in [6, 6.07) is 21.8. The standard InChI is InChI=1S/C26H24ClN3O2S/c1-17-12-13-22(18(2)14-17)28-24(31)15-23-25(32)30(20-9-4-3-5-10-20)26(33)29(23)16-19-8-6-7-11-21(19)27/h3-14,23H,15-16H2,1-2H3,(H,28,31)/t23-/m0/s1. The molecule has 2 amide bonds. The molecule has 3 aromatic carbocycles. The topological polar surface area (TPSA) is 52.7 Å². The molecule has 0 bridgehead atoms. The molecule has 0 unspecified atom stereocenters. The van der Waals surface area contributed by atoms with Gasteiger partial charge in [-0.15, -0.1) is 0 Å². The van der Waals surface area contributed by atoms with Gasteiger partial charge in [0.15, 0.2) is 5.11 Å². The molecule has 0 radical (unpaired) electrons. The number of para-hydroxylation sites is 1. The highest BCUT2D eigenvalue weighted by Gasteiger charge is 2.44. The molecule has 5 nitrogen and oxygen atoms in total. The molecule has 0 aliphatic carbocycles. The number of hydrogen-bond donors (Lipinski definition) is 1. The minimum atomic E-state index is -0.736. The minimum Gasteiger partial charge on any atom is -0.332 e. The van der Waals surface area contributed by atoms with E-state index < -0.39 is 6.04 Å². The molecular weight excluding hydrogens is 454 g/mol. The Labute approximate surface area is 204 Å². The maximum absolute atomic E-state index is 13.5. The van der Waals surface area contributed by atoms with Crippen molar-refractivity contribution in [2.75, 3.05) is 10.2 Å². The van der Waals surface area contributed by atoms with Gasteiger partial charge >= 0.3 is 0 Å². The van der Waals surface area contributed by atoms with Gasteiger partial charge in [-0.05, 0) is 61.5 Å². The zero-order chi connectivity index (χ0) is 23.5. The van der Waals surface area contributed by atoms with E-state index in [1.54, 1.807) is 11.0 Å². The van der Waals surface area contributed by atoms with Crippen molar-refractivity contribution in [3.8, 4) is 0 Å². The van der Waals surface area contributed by atoms with Crippen LogP contribution < -0.4 is 10.2 Å². The van der Waals surface area contributed by atoms with Crippen molar-refractivity contribution >= 4 is 52.1 Å². The molecule has 1 heterocycles. The fraction of sp³-hybridized carbons (Fsp3) is 0.192. The summed E-state index contributed by atoms with van der Waals surface area (Å²) in [7, 11) is 0. The molecule has 4 rings (SSSR count). The molecule has 1 saturated heterocycles. The van der Waals surface area contributed by atoms with Crippen molar-refractivity contribution in [3.63, 3.8) is 0 Å². The van der Waals surface area contributed by atoms with Crippen LogP contribution in [-0.2, 0) is 16.1 Å². The van der Waals surface area contributed by atoms with Gasteiger partial charge in [0.1, 0.15) is 6.04 Å². The highest BCUT2D eigenvalue weighted by molar-refractivity contribution is 7.80. The molecule has 1 aliphatic heterocycles. The van der Waals surface area contributed by atoms with Crippen molar-refractivity contribution in [1.29, 1.82) is 0 Å². The van der Waals surface area contributed by atoms with E-state index in [1.807, 2.05) is 80.6 Å². The first kappa shape index (κ1) is 23.0. The summed E-state index contributed by atoms with van der Waals surface area (Å²) < 4.78 is 0. The third kappa shape index (κ3) is 4.92. The normalized spacial score (nSPS) is 15.8. The van der Waals surface area contributed by atoms with Crippen LogP contribution in [-0.4, -0.2) is 27.9 Å². The van der Waals surface area contributed by atoms with Crippen molar-refractivity contribution in [3.05, 3.63) is 94.5 Å². The highest BCUT2D eigenvalue weighted by atomic mass is 35.5. The predicted octanol–water partition coefficient (Wildman–Crippen LogP) is 5.49. The predicted molar refractivity (Wildman–Crippen MR) is 136 cm³/mol. The van der Waals surface area contributed by atoms with Crippen LogP contribution in [0.15, 0.2) is 72.8 Å². The SMILES string of the molecule is Cc1ccc(NC(=O)C[C@H]2C(=O)N(c3ccccc3)C(=S)N2Cc2ccccc2Cl)c(C)c1. The molecule has 1 atom stereocenters. The monoisotopic (exact) mass is 477 g/mol. The lowest BCUT2D eigenvalue weighted by atomic mass is 10.1. The maximum atomic E-state index is 13.5. The van der Waals surface area contributed by atoms with Crippen LogP contribution in [0, 0.1) is 13.8 Å². The van der Waals surface area contributed by atoms with E-state index in [1.165, 1.54) is 4.90 Å².